The van der Waals surface area contributed by atoms with E-state index in [1.807, 2.05) is 13.8 Å². The molecule has 3 aromatic rings. The zero-order valence-corrected chi connectivity index (χ0v) is 24.8. The molecule has 0 aliphatic heterocycles. The van der Waals surface area contributed by atoms with Crippen LogP contribution in [-0.4, -0.2) is 51.4 Å². The highest BCUT2D eigenvalue weighted by molar-refractivity contribution is 7.92. The number of aryl methyl sites for hydroxylation is 1. The Balaban J connectivity index is 2.00. The quantitative estimate of drug-likeness (QED) is 0.279. The van der Waals surface area contributed by atoms with Gasteiger partial charge in [-0.2, -0.15) is 0 Å². The van der Waals surface area contributed by atoms with E-state index in [2.05, 4.69) is 5.32 Å². The third-order valence-electron chi connectivity index (χ3n) is 6.54. The van der Waals surface area contributed by atoms with Crippen LogP contribution in [0.2, 0.25) is 5.02 Å². The SMILES string of the molecule is CCCCNC(=O)[C@@H](C)N(Cc1ccccc1Cl)C(=O)CN(c1ccc(C)cc1)S(=O)(=O)c1ccc(OC)cc1. The zero-order chi connectivity index (χ0) is 29.3. The van der Waals surface area contributed by atoms with Crippen LogP contribution in [0, 0.1) is 6.92 Å². The number of methoxy groups -OCH3 is 1. The fraction of sp³-hybridized carbons (Fsp3) is 0.333. The van der Waals surface area contributed by atoms with Crippen LogP contribution in [0.25, 0.3) is 0 Å². The van der Waals surface area contributed by atoms with E-state index in [9.17, 15) is 18.0 Å². The normalized spacial score (nSPS) is 11.9. The molecule has 0 bridgehead atoms. The van der Waals surface area contributed by atoms with Gasteiger partial charge >= 0.3 is 0 Å². The number of hydrogen-bond donors (Lipinski definition) is 1. The molecule has 0 aliphatic rings. The van der Waals surface area contributed by atoms with Gasteiger partial charge in [0, 0.05) is 18.1 Å². The first-order chi connectivity index (χ1) is 19.1. The average Bonchev–Trinajstić information content (AvgIpc) is 2.95. The molecule has 40 heavy (non-hydrogen) atoms. The number of hydrogen-bond acceptors (Lipinski definition) is 5. The van der Waals surface area contributed by atoms with Gasteiger partial charge in [0.05, 0.1) is 17.7 Å². The molecular weight excluding hydrogens is 550 g/mol. The van der Waals surface area contributed by atoms with Gasteiger partial charge in [0.1, 0.15) is 18.3 Å². The first-order valence-corrected chi connectivity index (χ1v) is 14.9. The number of sulfonamides is 1. The molecule has 0 aliphatic carbocycles. The minimum atomic E-state index is -4.16. The number of carbonyl (C=O) groups is 2. The van der Waals surface area contributed by atoms with Crippen LogP contribution in [0.3, 0.4) is 0 Å². The second-order valence-electron chi connectivity index (χ2n) is 9.46. The lowest BCUT2D eigenvalue weighted by Gasteiger charge is -2.32. The van der Waals surface area contributed by atoms with Crippen LogP contribution in [0.15, 0.2) is 77.7 Å². The maximum absolute atomic E-state index is 13.9. The van der Waals surface area contributed by atoms with Crippen LogP contribution in [0.1, 0.15) is 37.8 Å². The maximum Gasteiger partial charge on any atom is 0.264 e. The summed E-state index contributed by atoms with van der Waals surface area (Å²) in [5.41, 5.74) is 1.91. The average molecular weight is 586 g/mol. The highest BCUT2D eigenvalue weighted by Gasteiger charge is 2.32. The van der Waals surface area contributed by atoms with E-state index >= 15 is 0 Å². The number of rotatable bonds is 13. The molecule has 3 rings (SSSR count). The summed E-state index contributed by atoms with van der Waals surface area (Å²) in [6.45, 7) is 5.53. The van der Waals surface area contributed by atoms with Gasteiger partial charge < -0.3 is 15.0 Å². The number of nitrogens with one attached hydrogen (secondary N) is 1. The second kappa shape index (κ2) is 14.2. The van der Waals surface area contributed by atoms with Crippen molar-refractivity contribution in [2.45, 2.75) is 51.1 Å². The standard InChI is InChI=1S/C30H36ClN3O5S/c1-5-6-19-32-30(36)23(3)33(20-24-9-7-8-10-28(24)31)29(35)21-34(25-13-11-22(2)12-14-25)40(37,38)27-17-15-26(39-4)16-18-27/h7-18,23H,5-6,19-21H2,1-4H3,(H,32,36)/t23-/m1/s1. The number of nitrogens with zero attached hydrogens (tertiary/aromatic N) is 2. The summed E-state index contributed by atoms with van der Waals surface area (Å²) in [6.07, 6.45) is 1.71. The number of anilines is 1. The Morgan fingerprint density at radius 2 is 1.65 bits per heavy atom. The number of benzene rings is 3. The fourth-order valence-corrected chi connectivity index (χ4v) is 5.65. The van der Waals surface area contributed by atoms with Crippen molar-refractivity contribution >= 4 is 39.1 Å². The summed E-state index contributed by atoms with van der Waals surface area (Å²) in [5.74, 6) is -0.366. The van der Waals surface area contributed by atoms with E-state index in [1.165, 1.54) is 24.1 Å². The van der Waals surface area contributed by atoms with E-state index in [1.54, 1.807) is 67.6 Å². The fourth-order valence-electron chi connectivity index (χ4n) is 4.04. The van der Waals surface area contributed by atoms with Gasteiger partial charge in [-0.15, -0.1) is 0 Å². The molecule has 0 spiro atoms. The summed E-state index contributed by atoms with van der Waals surface area (Å²) in [6, 6.07) is 19.0. The van der Waals surface area contributed by atoms with E-state index < -0.39 is 28.5 Å². The Bertz CT molecular complexity index is 1400. The maximum atomic E-state index is 13.9. The van der Waals surface area contributed by atoms with Crippen molar-refractivity contribution in [3.8, 4) is 5.75 Å². The molecule has 0 saturated heterocycles. The Morgan fingerprint density at radius 1 is 1.00 bits per heavy atom. The predicted molar refractivity (Wildman–Crippen MR) is 158 cm³/mol. The smallest absolute Gasteiger partial charge is 0.264 e. The van der Waals surface area contributed by atoms with Crippen LogP contribution in [0.5, 0.6) is 5.75 Å². The number of unbranched alkanes of at least 4 members (excludes halogenated alkanes) is 1. The lowest BCUT2D eigenvalue weighted by molar-refractivity contribution is -0.139. The number of amides is 2. The third kappa shape index (κ3) is 7.76. The highest BCUT2D eigenvalue weighted by atomic mass is 35.5. The molecular formula is C30H36ClN3O5S. The Hall–Kier alpha value is -3.56. The van der Waals surface area contributed by atoms with Crippen molar-refractivity contribution in [1.82, 2.24) is 10.2 Å². The molecule has 0 heterocycles. The molecule has 0 saturated carbocycles. The monoisotopic (exact) mass is 585 g/mol. The Morgan fingerprint density at radius 3 is 2.25 bits per heavy atom. The number of carbonyl (C=O) groups excluding carboxylic acids is 2. The van der Waals surface area contributed by atoms with E-state index in [0.717, 1.165) is 22.7 Å². The molecule has 0 fully saturated rings. The summed E-state index contributed by atoms with van der Waals surface area (Å²) in [4.78, 5) is 28.3. The van der Waals surface area contributed by atoms with Gasteiger partial charge in [0.2, 0.25) is 11.8 Å². The van der Waals surface area contributed by atoms with Crippen LogP contribution < -0.4 is 14.4 Å². The first-order valence-electron chi connectivity index (χ1n) is 13.1. The van der Waals surface area contributed by atoms with E-state index in [-0.39, 0.29) is 17.3 Å². The minimum Gasteiger partial charge on any atom is -0.497 e. The van der Waals surface area contributed by atoms with Gasteiger partial charge in [-0.3, -0.25) is 13.9 Å². The van der Waals surface area contributed by atoms with Crippen LogP contribution in [-0.2, 0) is 26.2 Å². The third-order valence-corrected chi connectivity index (χ3v) is 8.70. The molecule has 1 atom stereocenters. The largest absolute Gasteiger partial charge is 0.497 e. The number of halogens is 1. The van der Waals surface area contributed by atoms with Gasteiger partial charge in [-0.1, -0.05) is 60.8 Å². The molecule has 3 aromatic carbocycles. The van der Waals surface area contributed by atoms with Gasteiger partial charge in [-0.05, 0) is 68.3 Å². The van der Waals surface area contributed by atoms with Crippen LogP contribution in [0.4, 0.5) is 5.69 Å². The molecule has 8 nitrogen and oxygen atoms in total. The van der Waals surface area contributed by atoms with E-state index in [4.69, 9.17) is 16.3 Å². The van der Waals surface area contributed by atoms with Crippen molar-refractivity contribution in [3.05, 3.63) is 88.9 Å². The lowest BCUT2D eigenvalue weighted by atomic mass is 10.1. The summed E-state index contributed by atoms with van der Waals surface area (Å²) < 4.78 is 34.0. The van der Waals surface area contributed by atoms with Gasteiger partial charge in [-0.25, -0.2) is 8.42 Å². The van der Waals surface area contributed by atoms with Crippen LogP contribution >= 0.6 is 11.6 Å². The van der Waals surface area contributed by atoms with Crippen molar-refractivity contribution < 1.29 is 22.7 Å². The minimum absolute atomic E-state index is 0.00434. The Labute approximate surface area is 241 Å². The Kier molecular flexibility index (Phi) is 11.0. The first kappa shape index (κ1) is 31.0. The molecule has 0 unspecified atom stereocenters. The highest BCUT2D eigenvalue weighted by Crippen LogP contribution is 2.27. The number of ether oxygens (including phenoxy) is 1. The van der Waals surface area contributed by atoms with Crippen molar-refractivity contribution in [3.63, 3.8) is 0 Å². The van der Waals surface area contributed by atoms with Crippen molar-refractivity contribution in [2.75, 3.05) is 24.5 Å². The summed E-state index contributed by atoms with van der Waals surface area (Å²) >= 11 is 6.40. The molecule has 0 radical (unpaired) electrons. The molecule has 1 N–H and O–H groups in total. The lowest BCUT2D eigenvalue weighted by Crippen LogP contribution is -2.51. The predicted octanol–water partition coefficient (Wildman–Crippen LogP) is 5.19. The summed E-state index contributed by atoms with van der Waals surface area (Å²) in [7, 11) is -2.67. The zero-order valence-electron chi connectivity index (χ0n) is 23.3. The molecule has 214 valence electrons. The van der Waals surface area contributed by atoms with Crippen molar-refractivity contribution in [1.29, 1.82) is 0 Å². The molecule has 2 amide bonds. The topological polar surface area (TPSA) is 96.0 Å². The summed E-state index contributed by atoms with van der Waals surface area (Å²) in [5, 5.41) is 3.31. The molecule has 0 aromatic heterocycles. The van der Waals surface area contributed by atoms with Gasteiger partial charge in [0.25, 0.3) is 10.0 Å². The van der Waals surface area contributed by atoms with Crippen molar-refractivity contribution in [2.24, 2.45) is 0 Å². The molecule has 10 heteroatoms. The van der Waals surface area contributed by atoms with Gasteiger partial charge in [0.15, 0.2) is 0 Å². The van der Waals surface area contributed by atoms with E-state index in [0.29, 0.717) is 28.6 Å². The second-order valence-corrected chi connectivity index (χ2v) is 11.7.